The molecule has 21 heavy (non-hydrogen) atoms. The summed E-state index contributed by atoms with van der Waals surface area (Å²) < 4.78 is 13.6. The Kier molecular flexibility index (Phi) is 4.24. The van der Waals surface area contributed by atoms with E-state index in [0.717, 1.165) is 43.8 Å². The van der Waals surface area contributed by atoms with Crippen LogP contribution in [0.1, 0.15) is 0 Å². The number of anilines is 1. The Balaban J connectivity index is 1.89. The number of hydrogen-bond donors (Lipinski definition) is 1. The Bertz CT molecular complexity index is 641. The number of fused-ring (bicyclic) bond motifs is 1. The minimum absolute atomic E-state index is 0.138. The van der Waals surface area contributed by atoms with Gasteiger partial charge in [-0.1, -0.05) is 11.6 Å². The molecule has 0 spiro atoms. The highest BCUT2D eigenvalue weighted by atomic mass is 35.5. The van der Waals surface area contributed by atoms with Crippen molar-refractivity contribution in [1.82, 2.24) is 9.88 Å². The number of piperazine rings is 1. The molecule has 3 rings (SSSR count). The lowest BCUT2D eigenvalue weighted by atomic mass is 10.1. The topological polar surface area (TPSA) is 45.4 Å². The molecule has 1 aliphatic rings. The molecule has 2 heterocycles. The van der Waals surface area contributed by atoms with E-state index in [4.69, 9.17) is 17.3 Å². The summed E-state index contributed by atoms with van der Waals surface area (Å²) in [4.78, 5) is 8.88. The lowest BCUT2D eigenvalue weighted by Crippen LogP contribution is -2.47. The fourth-order valence-corrected chi connectivity index (χ4v) is 2.96. The van der Waals surface area contributed by atoms with E-state index in [1.807, 2.05) is 6.07 Å². The van der Waals surface area contributed by atoms with Crippen LogP contribution in [0.2, 0.25) is 5.02 Å². The number of halogens is 2. The Morgan fingerprint density at radius 1 is 1.24 bits per heavy atom. The molecule has 1 aromatic heterocycles. The van der Waals surface area contributed by atoms with Crippen LogP contribution in [0.25, 0.3) is 10.9 Å². The van der Waals surface area contributed by atoms with Gasteiger partial charge in [0.25, 0.3) is 0 Å². The third kappa shape index (κ3) is 2.95. The highest BCUT2D eigenvalue weighted by Crippen LogP contribution is 2.30. The number of benzene rings is 1. The monoisotopic (exact) mass is 308 g/mol. The van der Waals surface area contributed by atoms with Gasteiger partial charge in [-0.25, -0.2) is 4.39 Å². The van der Waals surface area contributed by atoms with Crippen molar-refractivity contribution in [1.29, 1.82) is 0 Å². The van der Waals surface area contributed by atoms with Gasteiger partial charge in [0, 0.05) is 62.6 Å². The number of nitrogens with two attached hydrogens (primary N) is 1. The normalized spacial score (nSPS) is 16.6. The SMILES string of the molecule is NCCN1CCN(c2ccnc3cc(F)c(Cl)cc23)CC1. The zero-order valence-corrected chi connectivity index (χ0v) is 12.5. The van der Waals surface area contributed by atoms with E-state index in [0.29, 0.717) is 12.1 Å². The summed E-state index contributed by atoms with van der Waals surface area (Å²) in [5, 5.41) is 1.04. The van der Waals surface area contributed by atoms with Crippen LogP contribution in [0.15, 0.2) is 24.4 Å². The summed E-state index contributed by atoms with van der Waals surface area (Å²) >= 11 is 5.92. The van der Waals surface area contributed by atoms with E-state index in [1.165, 1.54) is 6.07 Å². The van der Waals surface area contributed by atoms with E-state index in [1.54, 1.807) is 12.3 Å². The third-order valence-corrected chi connectivity index (χ3v) is 4.21. The van der Waals surface area contributed by atoms with Gasteiger partial charge in [0.15, 0.2) is 0 Å². The third-order valence-electron chi connectivity index (χ3n) is 3.92. The van der Waals surface area contributed by atoms with Gasteiger partial charge in [-0.3, -0.25) is 9.88 Å². The van der Waals surface area contributed by atoms with Crippen LogP contribution in [-0.2, 0) is 0 Å². The zero-order chi connectivity index (χ0) is 14.8. The molecule has 0 amide bonds. The minimum atomic E-state index is -0.429. The molecule has 0 bridgehead atoms. The Hall–Kier alpha value is -1.43. The fourth-order valence-electron chi connectivity index (χ4n) is 2.80. The highest BCUT2D eigenvalue weighted by Gasteiger charge is 2.19. The van der Waals surface area contributed by atoms with Crippen LogP contribution < -0.4 is 10.6 Å². The Morgan fingerprint density at radius 3 is 2.71 bits per heavy atom. The van der Waals surface area contributed by atoms with E-state index in [2.05, 4.69) is 14.8 Å². The maximum atomic E-state index is 13.6. The quantitative estimate of drug-likeness (QED) is 0.943. The molecule has 2 N–H and O–H groups in total. The lowest BCUT2D eigenvalue weighted by Gasteiger charge is -2.36. The molecule has 6 heteroatoms. The van der Waals surface area contributed by atoms with Crippen LogP contribution >= 0.6 is 11.6 Å². The smallest absolute Gasteiger partial charge is 0.143 e. The van der Waals surface area contributed by atoms with Crippen LogP contribution in [0.5, 0.6) is 0 Å². The molecule has 1 aliphatic heterocycles. The van der Waals surface area contributed by atoms with Crippen molar-refractivity contribution < 1.29 is 4.39 Å². The molecular weight excluding hydrogens is 291 g/mol. The van der Waals surface area contributed by atoms with Gasteiger partial charge in [-0.15, -0.1) is 0 Å². The maximum absolute atomic E-state index is 13.6. The summed E-state index contributed by atoms with van der Waals surface area (Å²) in [6.45, 7) is 5.43. The van der Waals surface area contributed by atoms with Gasteiger partial charge in [0.2, 0.25) is 0 Å². The predicted molar refractivity (Wildman–Crippen MR) is 84.4 cm³/mol. The molecule has 1 aromatic carbocycles. The molecular formula is C15H18ClFN4. The first-order chi connectivity index (χ1) is 10.2. The van der Waals surface area contributed by atoms with Crippen molar-refractivity contribution >= 4 is 28.2 Å². The molecule has 0 aliphatic carbocycles. The molecule has 0 radical (unpaired) electrons. The summed E-state index contributed by atoms with van der Waals surface area (Å²) in [5.74, 6) is -0.429. The lowest BCUT2D eigenvalue weighted by molar-refractivity contribution is 0.265. The van der Waals surface area contributed by atoms with Gasteiger partial charge < -0.3 is 10.6 Å². The first-order valence-electron chi connectivity index (χ1n) is 7.10. The minimum Gasteiger partial charge on any atom is -0.368 e. The van der Waals surface area contributed by atoms with Gasteiger partial charge in [0.05, 0.1) is 10.5 Å². The molecule has 112 valence electrons. The molecule has 0 unspecified atom stereocenters. The standard InChI is InChI=1S/C15H18ClFN4/c16-12-9-11-14(10-13(12)17)19-3-1-15(11)21-7-5-20(4-2-18)6-8-21/h1,3,9-10H,2,4-8,18H2. The Labute approximate surface area is 128 Å². The molecule has 0 saturated carbocycles. The highest BCUT2D eigenvalue weighted by molar-refractivity contribution is 6.31. The summed E-state index contributed by atoms with van der Waals surface area (Å²) in [5.41, 5.74) is 7.30. The summed E-state index contributed by atoms with van der Waals surface area (Å²) in [7, 11) is 0. The first kappa shape index (κ1) is 14.5. The van der Waals surface area contributed by atoms with Crippen LogP contribution in [0.3, 0.4) is 0 Å². The van der Waals surface area contributed by atoms with Crippen LogP contribution in [-0.4, -0.2) is 49.2 Å². The van der Waals surface area contributed by atoms with Gasteiger partial charge in [0.1, 0.15) is 5.82 Å². The average Bonchev–Trinajstić information content (AvgIpc) is 2.49. The number of rotatable bonds is 3. The van der Waals surface area contributed by atoms with Crippen molar-refractivity contribution in [2.45, 2.75) is 0 Å². The molecule has 4 nitrogen and oxygen atoms in total. The number of aromatic nitrogens is 1. The zero-order valence-electron chi connectivity index (χ0n) is 11.7. The maximum Gasteiger partial charge on any atom is 0.143 e. The van der Waals surface area contributed by atoms with E-state index in [-0.39, 0.29) is 5.02 Å². The number of nitrogens with zero attached hydrogens (tertiary/aromatic N) is 3. The second-order valence-corrected chi connectivity index (χ2v) is 5.64. The van der Waals surface area contributed by atoms with Crippen LogP contribution in [0.4, 0.5) is 10.1 Å². The second kappa shape index (κ2) is 6.13. The van der Waals surface area contributed by atoms with Gasteiger partial charge in [-0.05, 0) is 12.1 Å². The van der Waals surface area contributed by atoms with Crippen molar-refractivity contribution in [3.63, 3.8) is 0 Å². The number of hydrogen-bond acceptors (Lipinski definition) is 4. The van der Waals surface area contributed by atoms with Crippen molar-refractivity contribution in [3.8, 4) is 0 Å². The second-order valence-electron chi connectivity index (χ2n) is 5.23. The fraction of sp³-hybridized carbons (Fsp3) is 0.400. The van der Waals surface area contributed by atoms with E-state index in [9.17, 15) is 4.39 Å². The van der Waals surface area contributed by atoms with Gasteiger partial charge in [-0.2, -0.15) is 0 Å². The van der Waals surface area contributed by atoms with Crippen molar-refractivity contribution in [2.24, 2.45) is 5.73 Å². The molecule has 1 saturated heterocycles. The molecule has 1 fully saturated rings. The summed E-state index contributed by atoms with van der Waals surface area (Å²) in [6.07, 6.45) is 1.72. The van der Waals surface area contributed by atoms with E-state index < -0.39 is 5.82 Å². The molecule has 0 atom stereocenters. The van der Waals surface area contributed by atoms with E-state index >= 15 is 0 Å². The summed E-state index contributed by atoms with van der Waals surface area (Å²) in [6, 6.07) is 5.03. The van der Waals surface area contributed by atoms with Crippen LogP contribution in [0, 0.1) is 5.82 Å². The predicted octanol–water partition coefficient (Wildman–Crippen LogP) is 2.11. The van der Waals surface area contributed by atoms with Crippen molar-refractivity contribution in [2.75, 3.05) is 44.2 Å². The number of pyridine rings is 1. The largest absolute Gasteiger partial charge is 0.368 e. The Morgan fingerprint density at radius 2 is 2.00 bits per heavy atom. The molecule has 2 aromatic rings. The van der Waals surface area contributed by atoms with Gasteiger partial charge >= 0.3 is 0 Å². The average molecular weight is 309 g/mol. The van der Waals surface area contributed by atoms with Crippen molar-refractivity contribution in [3.05, 3.63) is 35.2 Å². The first-order valence-corrected chi connectivity index (χ1v) is 7.48.